The van der Waals surface area contributed by atoms with E-state index in [1.54, 1.807) is 32.9 Å². The van der Waals surface area contributed by atoms with Crippen molar-refractivity contribution in [2.24, 2.45) is 5.41 Å². The molecule has 1 fully saturated rings. The first kappa shape index (κ1) is 28.8. The Morgan fingerprint density at radius 3 is 2.19 bits per heavy atom. The highest BCUT2D eigenvalue weighted by molar-refractivity contribution is 6.09. The van der Waals surface area contributed by atoms with Gasteiger partial charge in [-0.2, -0.15) is 0 Å². The van der Waals surface area contributed by atoms with Gasteiger partial charge in [0.1, 0.15) is 12.1 Å². The molecule has 2 rings (SSSR count). The fraction of sp³-hybridized carbons (Fsp3) is 0.448. The van der Waals surface area contributed by atoms with Gasteiger partial charge in [0, 0.05) is 12.0 Å². The summed E-state index contributed by atoms with van der Waals surface area (Å²) in [4.78, 5) is 51.3. The van der Waals surface area contributed by atoms with Crippen molar-refractivity contribution < 1.29 is 19.2 Å². The van der Waals surface area contributed by atoms with Crippen LogP contribution in [0.5, 0.6) is 0 Å². The molecule has 0 aliphatic carbocycles. The van der Waals surface area contributed by atoms with Gasteiger partial charge in [-0.25, -0.2) is 0 Å². The van der Waals surface area contributed by atoms with Gasteiger partial charge < -0.3 is 16.0 Å². The molecular formula is C29H39N3O4. The van der Waals surface area contributed by atoms with E-state index in [0.717, 1.165) is 22.3 Å². The molecule has 7 nitrogen and oxygen atoms in total. The quantitative estimate of drug-likeness (QED) is 0.331. The highest BCUT2D eigenvalue weighted by Crippen LogP contribution is 2.30. The van der Waals surface area contributed by atoms with Crippen LogP contribution >= 0.6 is 0 Å². The lowest BCUT2D eigenvalue weighted by Crippen LogP contribution is -2.61. The van der Waals surface area contributed by atoms with E-state index in [9.17, 15) is 19.2 Å². The SMILES string of the molecule is C=CC(C)(C)C(=O)Nc1c(CC=C(C)C)cc(CC=C(C)C)cc1C(=O)C[C@H]1NC(=O)[C@H](C)NC1=O. The van der Waals surface area contributed by atoms with E-state index in [0.29, 0.717) is 24.1 Å². The zero-order chi connectivity index (χ0) is 27.2. The molecule has 0 radical (unpaired) electrons. The maximum atomic E-state index is 13.6. The summed E-state index contributed by atoms with van der Waals surface area (Å²) in [6.45, 7) is 16.8. The Balaban J connectivity index is 2.60. The third kappa shape index (κ3) is 7.51. The largest absolute Gasteiger partial charge is 0.343 e. The van der Waals surface area contributed by atoms with Crippen LogP contribution in [0, 0.1) is 5.41 Å². The average molecular weight is 494 g/mol. The van der Waals surface area contributed by atoms with E-state index in [-0.39, 0.29) is 24.0 Å². The van der Waals surface area contributed by atoms with Crippen LogP contribution in [0.3, 0.4) is 0 Å². The van der Waals surface area contributed by atoms with Crippen LogP contribution in [0.2, 0.25) is 0 Å². The minimum absolute atomic E-state index is 0.216. The van der Waals surface area contributed by atoms with Crippen LogP contribution in [0.25, 0.3) is 0 Å². The van der Waals surface area contributed by atoms with Crippen molar-refractivity contribution in [2.45, 2.75) is 79.8 Å². The van der Waals surface area contributed by atoms with Gasteiger partial charge >= 0.3 is 0 Å². The van der Waals surface area contributed by atoms with Gasteiger partial charge in [0.2, 0.25) is 17.7 Å². The van der Waals surface area contributed by atoms with Crippen LogP contribution in [-0.2, 0) is 27.2 Å². The van der Waals surface area contributed by atoms with Crippen molar-refractivity contribution in [1.29, 1.82) is 0 Å². The lowest BCUT2D eigenvalue weighted by Gasteiger charge is -2.28. The predicted molar refractivity (Wildman–Crippen MR) is 144 cm³/mol. The van der Waals surface area contributed by atoms with Crippen LogP contribution < -0.4 is 16.0 Å². The molecule has 2 atom stereocenters. The Morgan fingerprint density at radius 1 is 1.00 bits per heavy atom. The molecule has 1 aliphatic heterocycles. The molecule has 1 aromatic carbocycles. The van der Waals surface area contributed by atoms with Crippen LogP contribution in [-0.4, -0.2) is 35.6 Å². The zero-order valence-electron chi connectivity index (χ0n) is 22.5. The summed E-state index contributed by atoms with van der Waals surface area (Å²) in [6.07, 6.45) is 6.60. The molecule has 1 saturated heterocycles. The summed E-state index contributed by atoms with van der Waals surface area (Å²) in [7, 11) is 0. The van der Waals surface area contributed by atoms with Crippen LogP contribution in [0.4, 0.5) is 5.69 Å². The molecule has 0 bridgehead atoms. The molecule has 3 N–H and O–H groups in total. The number of amides is 3. The Bertz CT molecular complexity index is 1120. The molecule has 36 heavy (non-hydrogen) atoms. The standard InChI is InChI=1S/C29H39N3O4/c1-9-29(7,8)28(36)32-25-21(13-11-18(4)5)14-20(12-10-17(2)3)15-22(25)24(33)16-23-27(35)30-19(6)26(34)31-23/h9-11,14-15,19,23H,1,12-13,16H2,2-8H3,(H,30,35)(H,31,34)(H,32,36)/t19-,23+/m0/s1. The van der Waals surface area contributed by atoms with Crippen LogP contribution in [0.1, 0.15) is 76.4 Å². The van der Waals surface area contributed by atoms with E-state index in [4.69, 9.17) is 0 Å². The minimum atomic E-state index is -0.975. The topological polar surface area (TPSA) is 104 Å². The Labute approximate surface area is 214 Å². The summed E-state index contributed by atoms with van der Waals surface area (Å²) < 4.78 is 0. The summed E-state index contributed by atoms with van der Waals surface area (Å²) in [5.41, 5.74) is 3.87. The van der Waals surface area contributed by atoms with Gasteiger partial charge in [-0.15, -0.1) is 6.58 Å². The number of piperazine rings is 1. The molecule has 1 aliphatic rings. The highest BCUT2D eigenvalue weighted by atomic mass is 16.2. The number of carbonyl (C=O) groups excluding carboxylic acids is 4. The van der Waals surface area contributed by atoms with E-state index in [2.05, 4.69) is 28.6 Å². The number of Topliss-reactive ketones (excluding diaryl/α,β-unsaturated/α-hetero) is 1. The number of anilines is 1. The Hall–Kier alpha value is -3.48. The van der Waals surface area contributed by atoms with Crippen LogP contribution in [0.15, 0.2) is 48.1 Å². The number of rotatable bonds is 10. The molecule has 1 aromatic rings. The highest BCUT2D eigenvalue weighted by Gasteiger charge is 2.34. The number of benzene rings is 1. The van der Waals surface area contributed by atoms with Crippen molar-refractivity contribution in [2.75, 3.05) is 5.32 Å². The fourth-order valence-electron chi connectivity index (χ4n) is 3.60. The van der Waals surface area contributed by atoms with Gasteiger partial charge in [0.15, 0.2) is 5.78 Å². The third-order valence-corrected chi connectivity index (χ3v) is 6.17. The van der Waals surface area contributed by atoms with Gasteiger partial charge in [-0.1, -0.05) is 35.4 Å². The first-order valence-electron chi connectivity index (χ1n) is 12.3. The minimum Gasteiger partial charge on any atom is -0.343 e. The van der Waals surface area contributed by atoms with E-state index in [1.807, 2.05) is 39.8 Å². The molecule has 0 aromatic heterocycles. The number of ketones is 1. The second-order valence-electron chi connectivity index (χ2n) is 10.4. The van der Waals surface area contributed by atoms with E-state index >= 15 is 0 Å². The van der Waals surface area contributed by atoms with E-state index < -0.39 is 23.4 Å². The van der Waals surface area contributed by atoms with Gasteiger partial charge in [0.25, 0.3) is 0 Å². The van der Waals surface area contributed by atoms with Gasteiger partial charge in [-0.05, 0) is 78.5 Å². The smallest absolute Gasteiger partial charge is 0.243 e. The molecule has 0 unspecified atom stereocenters. The molecule has 0 saturated carbocycles. The second kappa shape index (κ2) is 12.0. The molecule has 7 heteroatoms. The molecular weight excluding hydrogens is 454 g/mol. The third-order valence-electron chi connectivity index (χ3n) is 6.17. The van der Waals surface area contributed by atoms with Crippen molar-refractivity contribution in [3.8, 4) is 0 Å². The van der Waals surface area contributed by atoms with Crippen molar-refractivity contribution in [3.63, 3.8) is 0 Å². The Kier molecular flexibility index (Phi) is 9.56. The van der Waals surface area contributed by atoms with Gasteiger partial charge in [-0.3, -0.25) is 19.2 Å². The number of nitrogens with one attached hydrogen (secondary N) is 3. The fourth-order valence-corrected chi connectivity index (χ4v) is 3.60. The van der Waals surface area contributed by atoms with Crippen molar-refractivity contribution >= 4 is 29.2 Å². The maximum Gasteiger partial charge on any atom is 0.243 e. The predicted octanol–water partition coefficient (Wildman–Crippen LogP) is 4.43. The number of hydrogen-bond donors (Lipinski definition) is 3. The lowest BCUT2D eigenvalue weighted by atomic mass is 9.90. The lowest BCUT2D eigenvalue weighted by molar-refractivity contribution is -0.136. The first-order valence-corrected chi connectivity index (χ1v) is 12.3. The normalized spacial score (nSPS) is 17.4. The first-order chi connectivity index (χ1) is 16.7. The molecule has 194 valence electrons. The number of allylic oxidation sites excluding steroid dienone is 4. The zero-order valence-corrected chi connectivity index (χ0v) is 22.5. The summed E-state index contributed by atoms with van der Waals surface area (Å²) in [5, 5.41) is 8.19. The number of hydrogen-bond acceptors (Lipinski definition) is 4. The van der Waals surface area contributed by atoms with Crippen molar-refractivity contribution in [1.82, 2.24) is 10.6 Å². The van der Waals surface area contributed by atoms with E-state index in [1.165, 1.54) is 0 Å². The summed E-state index contributed by atoms with van der Waals surface area (Å²) in [6, 6.07) is 2.15. The molecule has 3 amide bonds. The molecule has 0 spiro atoms. The summed E-state index contributed by atoms with van der Waals surface area (Å²) >= 11 is 0. The number of carbonyl (C=O) groups is 4. The van der Waals surface area contributed by atoms with Gasteiger partial charge in [0.05, 0.1) is 11.1 Å². The Morgan fingerprint density at radius 2 is 1.61 bits per heavy atom. The average Bonchev–Trinajstić information content (AvgIpc) is 2.80. The second-order valence-corrected chi connectivity index (χ2v) is 10.4. The van der Waals surface area contributed by atoms with Crippen molar-refractivity contribution in [3.05, 3.63) is 64.8 Å². The maximum absolute atomic E-state index is 13.6. The monoisotopic (exact) mass is 493 g/mol. The molecule has 1 heterocycles. The summed E-state index contributed by atoms with van der Waals surface area (Å²) in [5.74, 6) is -1.37.